The third-order valence-electron chi connectivity index (χ3n) is 4.80. The fourth-order valence-corrected chi connectivity index (χ4v) is 3.10. The first-order valence-corrected chi connectivity index (χ1v) is 10.7. The Labute approximate surface area is 203 Å². The van der Waals surface area contributed by atoms with Crippen LogP contribution in [0.5, 0.6) is 0 Å². The topological polar surface area (TPSA) is 87.2 Å². The zero-order valence-corrected chi connectivity index (χ0v) is 21.3. The predicted molar refractivity (Wildman–Crippen MR) is 135 cm³/mol. The molecule has 1 fully saturated rings. The lowest BCUT2D eigenvalue weighted by Crippen LogP contribution is -2.37. The smallest absolute Gasteiger partial charge is 0.251 e. The second kappa shape index (κ2) is 16.2. The molecule has 0 radical (unpaired) electrons. The van der Waals surface area contributed by atoms with Crippen molar-refractivity contribution >= 4 is 35.8 Å². The average molecular weight is 547 g/mol. The van der Waals surface area contributed by atoms with Gasteiger partial charge in [-0.1, -0.05) is 12.1 Å². The van der Waals surface area contributed by atoms with Gasteiger partial charge < -0.3 is 30.3 Å². The maximum atomic E-state index is 12.3. The van der Waals surface area contributed by atoms with E-state index in [9.17, 15) is 4.79 Å². The Kier molecular flexibility index (Phi) is 14.5. The molecule has 0 saturated carbocycles. The lowest BCUT2D eigenvalue weighted by Gasteiger charge is -2.14. The van der Waals surface area contributed by atoms with Crippen molar-refractivity contribution in [3.8, 4) is 0 Å². The number of guanidine groups is 1. The molecule has 9 heteroatoms. The fraction of sp³-hybridized carbons (Fsp3) is 0.636. The fourth-order valence-electron chi connectivity index (χ4n) is 3.10. The molecule has 1 saturated heterocycles. The molecular formula is C22H38IN5O3. The summed E-state index contributed by atoms with van der Waals surface area (Å²) in [6.07, 6.45) is 3.42. The summed E-state index contributed by atoms with van der Waals surface area (Å²) in [5.74, 6) is 0.680. The number of likely N-dealkylation sites (N-methyl/N-ethyl adjacent to an activating group) is 1. The largest absolute Gasteiger partial charge is 0.379 e. The molecule has 31 heavy (non-hydrogen) atoms. The van der Waals surface area contributed by atoms with Gasteiger partial charge in [0.05, 0.1) is 12.7 Å². The Hall–Kier alpha value is -1.43. The second-order valence-electron chi connectivity index (χ2n) is 7.68. The Morgan fingerprint density at radius 2 is 2.10 bits per heavy atom. The number of benzene rings is 1. The number of ether oxygens (including phenoxy) is 2. The first-order chi connectivity index (χ1) is 14.6. The van der Waals surface area contributed by atoms with Gasteiger partial charge in [-0.25, -0.2) is 0 Å². The molecule has 0 aliphatic carbocycles. The summed E-state index contributed by atoms with van der Waals surface area (Å²) in [7, 11) is 5.72. The van der Waals surface area contributed by atoms with Crippen LogP contribution in [0, 0.1) is 0 Å². The van der Waals surface area contributed by atoms with Crippen LogP contribution in [-0.4, -0.2) is 83.5 Å². The number of aliphatic imine (C=N–C) groups is 1. The van der Waals surface area contributed by atoms with Crippen molar-refractivity contribution < 1.29 is 14.3 Å². The minimum atomic E-state index is -0.0517. The molecule has 0 aromatic heterocycles. The standard InChI is InChI=1S/C22H37N5O3.HI/c1-23-22(25-10-6-13-29-17-20-9-5-14-30-20)26-16-18-7-4-8-19(15-18)21(28)24-11-12-27(2)3;/h4,7-8,15,20H,5-6,9-14,16-17H2,1-3H3,(H,24,28)(H2,23,25,26);1H. The van der Waals surface area contributed by atoms with Gasteiger partial charge in [-0.3, -0.25) is 9.79 Å². The van der Waals surface area contributed by atoms with E-state index < -0.39 is 0 Å². The van der Waals surface area contributed by atoms with Crippen molar-refractivity contribution in [3.63, 3.8) is 0 Å². The summed E-state index contributed by atoms with van der Waals surface area (Å²) in [4.78, 5) is 18.6. The average Bonchev–Trinajstić information content (AvgIpc) is 3.26. The Balaban J connectivity index is 0.00000480. The van der Waals surface area contributed by atoms with Gasteiger partial charge in [-0.05, 0) is 51.1 Å². The van der Waals surface area contributed by atoms with E-state index in [0.717, 1.165) is 50.5 Å². The van der Waals surface area contributed by atoms with Crippen LogP contribution < -0.4 is 16.0 Å². The molecule has 0 bridgehead atoms. The van der Waals surface area contributed by atoms with Gasteiger partial charge in [0.2, 0.25) is 0 Å². The number of nitrogens with one attached hydrogen (secondary N) is 3. The van der Waals surface area contributed by atoms with Gasteiger partial charge in [0.1, 0.15) is 0 Å². The lowest BCUT2D eigenvalue weighted by atomic mass is 10.1. The van der Waals surface area contributed by atoms with Gasteiger partial charge in [-0.2, -0.15) is 0 Å². The van der Waals surface area contributed by atoms with Crippen molar-refractivity contribution in [3.05, 3.63) is 35.4 Å². The van der Waals surface area contributed by atoms with Crippen LogP contribution in [-0.2, 0) is 16.0 Å². The zero-order valence-electron chi connectivity index (χ0n) is 19.0. The maximum Gasteiger partial charge on any atom is 0.251 e. The number of rotatable bonds is 12. The lowest BCUT2D eigenvalue weighted by molar-refractivity contribution is 0.0168. The van der Waals surface area contributed by atoms with E-state index in [1.807, 2.05) is 43.3 Å². The molecule has 1 atom stereocenters. The number of amides is 1. The van der Waals surface area contributed by atoms with Crippen LogP contribution in [0.2, 0.25) is 0 Å². The monoisotopic (exact) mass is 547 g/mol. The molecule has 1 aliphatic heterocycles. The van der Waals surface area contributed by atoms with Crippen LogP contribution >= 0.6 is 24.0 Å². The number of hydrogen-bond acceptors (Lipinski definition) is 5. The second-order valence-corrected chi connectivity index (χ2v) is 7.68. The maximum absolute atomic E-state index is 12.3. The van der Waals surface area contributed by atoms with Crippen molar-refractivity contribution in [2.24, 2.45) is 4.99 Å². The highest BCUT2D eigenvalue weighted by Gasteiger charge is 2.14. The summed E-state index contributed by atoms with van der Waals surface area (Å²) < 4.78 is 11.2. The number of hydrogen-bond donors (Lipinski definition) is 3. The van der Waals surface area contributed by atoms with Gasteiger partial charge in [-0.15, -0.1) is 24.0 Å². The van der Waals surface area contributed by atoms with Crippen LogP contribution in [0.3, 0.4) is 0 Å². The minimum Gasteiger partial charge on any atom is -0.379 e. The number of carbonyl (C=O) groups excluding carboxylic acids is 1. The summed E-state index contributed by atoms with van der Waals surface area (Å²) in [6.45, 7) is 5.06. The highest BCUT2D eigenvalue weighted by atomic mass is 127. The molecule has 176 valence electrons. The van der Waals surface area contributed by atoms with Crippen molar-refractivity contribution in [1.82, 2.24) is 20.9 Å². The van der Waals surface area contributed by atoms with Gasteiger partial charge in [0, 0.05) is 52.0 Å². The molecule has 3 N–H and O–H groups in total. The molecule has 1 unspecified atom stereocenters. The Bertz CT molecular complexity index is 666. The predicted octanol–water partition coefficient (Wildman–Crippen LogP) is 1.85. The third kappa shape index (κ3) is 11.7. The molecule has 1 aliphatic rings. The van der Waals surface area contributed by atoms with E-state index in [4.69, 9.17) is 9.47 Å². The molecular weight excluding hydrogens is 509 g/mol. The van der Waals surface area contributed by atoms with Gasteiger partial charge in [0.15, 0.2) is 5.96 Å². The number of carbonyl (C=O) groups is 1. The molecule has 1 heterocycles. The van der Waals surface area contributed by atoms with E-state index in [1.165, 1.54) is 0 Å². The van der Waals surface area contributed by atoms with E-state index >= 15 is 0 Å². The quantitative estimate of drug-likeness (QED) is 0.160. The Morgan fingerprint density at radius 1 is 1.26 bits per heavy atom. The molecule has 2 rings (SSSR count). The van der Waals surface area contributed by atoms with E-state index in [0.29, 0.717) is 31.9 Å². The van der Waals surface area contributed by atoms with Crippen molar-refractivity contribution in [2.45, 2.75) is 31.9 Å². The normalized spacial score (nSPS) is 16.1. The van der Waals surface area contributed by atoms with Crippen LogP contribution in [0.15, 0.2) is 29.3 Å². The SMILES string of the molecule is CN=C(NCCCOCC1CCCO1)NCc1cccc(C(=O)NCCN(C)C)c1.I. The summed E-state index contributed by atoms with van der Waals surface area (Å²) in [5.41, 5.74) is 1.69. The summed E-state index contributed by atoms with van der Waals surface area (Å²) in [5, 5.41) is 9.51. The first kappa shape index (κ1) is 27.6. The van der Waals surface area contributed by atoms with Gasteiger partial charge in [0.25, 0.3) is 5.91 Å². The third-order valence-corrected chi connectivity index (χ3v) is 4.80. The minimum absolute atomic E-state index is 0. The van der Waals surface area contributed by atoms with Crippen molar-refractivity contribution in [2.75, 3.05) is 60.6 Å². The molecule has 1 aromatic rings. The highest BCUT2D eigenvalue weighted by Crippen LogP contribution is 2.11. The summed E-state index contributed by atoms with van der Waals surface area (Å²) >= 11 is 0. The molecule has 1 amide bonds. The number of nitrogens with zero attached hydrogens (tertiary/aromatic N) is 2. The van der Waals surface area contributed by atoms with Crippen LogP contribution in [0.4, 0.5) is 0 Å². The molecule has 8 nitrogen and oxygen atoms in total. The van der Waals surface area contributed by atoms with E-state index in [2.05, 4.69) is 20.9 Å². The van der Waals surface area contributed by atoms with Crippen LogP contribution in [0.1, 0.15) is 35.2 Å². The summed E-state index contributed by atoms with van der Waals surface area (Å²) in [6, 6.07) is 7.64. The molecule has 0 spiro atoms. The zero-order chi connectivity index (χ0) is 21.6. The van der Waals surface area contributed by atoms with Crippen molar-refractivity contribution in [1.29, 1.82) is 0 Å². The molecule has 1 aromatic carbocycles. The first-order valence-electron chi connectivity index (χ1n) is 10.7. The van der Waals surface area contributed by atoms with Gasteiger partial charge >= 0.3 is 0 Å². The Morgan fingerprint density at radius 3 is 2.81 bits per heavy atom. The van der Waals surface area contributed by atoms with Crippen LogP contribution in [0.25, 0.3) is 0 Å². The number of halogens is 1. The van der Waals surface area contributed by atoms with E-state index in [1.54, 1.807) is 7.05 Å². The van der Waals surface area contributed by atoms with E-state index in [-0.39, 0.29) is 36.0 Å². The highest BCUT2D eigenvalue weighted by molar-refractivity contribution is 14.0.